The lowest BCUT2D eigenvalue weighted by Gasteiger charge is -2.24. The minimum Gasteiger partial charge on any atom is -0.487 e. The van der Waals surface area contributed by atoms with Gasteiger partial charge >= 0.3 is 0 Å². The average Bonchev–Trinajstić information content (AvgIpc) is 3.20. The molecule has 2 aliphatic rings. The highest BCUT2D eigenvalue weighted by molar-refractivity contribution is 6.30. The minimum absolute atomic E-state index is 0.315. The van der Waals surface area contributed by atoms with E-state index in [2.05, 4.69) is 9.97 Å². The molecule has 1 saturated carbocycles. The third kappa shape index (κ3) is 3.16. The molecule has 1 aromatic carbocycles. The van der Waals surface area contributed by atoms with Crippen LogP contribution in [0.3, 0.4) is 0 Å². The number of benzene rings is 1. The third-order valence-electron chi connectivity index (χ3n) is 6.38. The van der Waals surface area contributed by atoms with Gasteiger partial charge in [-0.3, -0.25) is 0 Å². The van der Waals surface area contributed by atoms with Crippen LogP contribution in [0.15, 0.2) is 24.7 Å². The summed E-state index contributed by atoms with van der Waals surface area (Å²) in [5.74, 6) is 0.217. The van der Waals surface area contributed by atoms with Crippen LogP contribution < -0.4 is 4.74 Å². The molecule has 2 aliphatic carbocycles. The van der Waals surface area contributed by atoms with Crippen molar-refractivity contribution in [1.82, 2.24) is 14.5 Å². The number of fused-ring (bicyclic) bond motifs is 2. The van der Waals surface area contributed by atoms with Crippen molar-refractivity contribution < 1.29 is 19.3 Å². The van der Waals surface area contributed by atoms with E-state index in [4.69, 9.17) is 16.3 Å². The van der Waals surface area contributed by atoms with Crippen LogP contribution in [0.1, 0.15) is 42.1 Å². The number of nitrogens with zero attached hydrogens (tertiary/aromatic N) is 3. The summed E-state index contributed by atoms with van der Waals surface area (Å²) in [6, 6.07) is 3.18. The zero-order valence-electron chi connectivity index (χ0n) is 16.6. The lowest BCUT2D eigenvalue weighted by atomic mass is 9.91. The van der Waals surface area contributed by atoms with Gasteiger partial charge < -0.3 is 19.5 Å². The van der Waals surface area contributed by atoms with E-state index in [9.17, 15) is 14.6 Å². The molecule has 0 saturated heterocycles. The first-order valence-corrected chi connectivity index (χ1v) is 10.6. The molecule has 2 N–H and O–H groups in total. The largest absolute Gasteiger partial charge is 0.487 e. The smallest absolute Gasteiger partial charge is 0.152 e. The Hall–Kier alpha value is -2.22. The van der Waals surface area contributed by atoms with E-state index >= 15 is 0 Å². The molecule has 0 aliphatic heterocycles. The molecular formula is C22H23ClFN3O3. The Balaban J connectivity index is 1.47. The molecule has 6 nitrogen and oxygen atoms in total. The van der Waals surface area contributed by atoms with Crippen molar-refractivity contribution in [2.75, 3.05) is 0 Å². The highest BCUT2D eigenvalue weighted by atomic mass is 35.5. The van der Waals surface area contributed by atoms with Gasteiger partial charge in [-0.15, -0.1) is 0 Å². The van der Waals surface area contributed by atoms with Gasteiger partial charge in [0.15, 0.2) is 5.82 Å². The lowest BCUT2D eigenvalue weighted by molar-refractivity contribution is -0.0166. The first-order valence-electron chi connectivity index (χ1n) is 10.3. The number of hydrogen-bond acceptors (Lipinski definition) is 5. The SMILES string of the molecule is Cc1ncnc2c1c(F)cn2[C@@H]1C[C@H](Oc2cc(Cl)cc3c2CCCC3)[C@@H](O)[C@H]1O. The monoisotopic (exact) mass is 431 g/mol. The molecule has 30 heavy (non-hydrogen) atoms. The Kier molecular flexibility index (Phi) is 4.92. The third-order valence-corrected chi connectivity index (χ3v) is 6.59. The van der Waals surface area contributed by atoms with E-state index in [1.165, 1.54) is 18.1 Å². The van der Waals surface area contributed by atoms with Gasteiger partial charge in [-0.25, -0.2) is 14.4 Å². The first kappa shape index (κ1) is 19.7. The van der Waals surface area contributed by atoms with Crippen molar-refractivity contribution >= 4 is 22.6 Å². The van der Waals surface area contributed by atoms with Crippen LogP contribution in [0, 0.1) is 12.7 Å². The Bertz CT molecular complexity index is 1120. The van der Waals surface area contributed by atoms with Crippen molar-refractivity contribution in [1.29, 1.82) is 0 Å². The van der Waals surface area contributed by atoms with Crippen molar-refractivity contribution in [2.24, 2.45) is 0 Å². The summed E-state index contributed by atoms with van der Waals surface area (Å²) in [6.45, 7) is 1.71. The molecule has 2 aromatic heterocycles. The molecule has 2 heterocycles. The Morgan fingerprint density at radius 3 is 2.80 bits per heavy atom. The molecular weight excluding hydrogens is 409 g/mol. The molecule has 0 unspecified atom stereocenters. The zero-order valence-corrected chi connectivity index (χ0v) is 17.3. The fraction of sp³-hybridized carbons (Fsp3) is 0.455. The van der Waals surface area contributed by atoms with Crippen LogP contribution >= 0.6 is 11.6 Å². The second-order valence-electron chi connectivity index (χ2n) is 8.23. The van der Waals surface area contributed by atoms with Gasteiger partial charge in [0.25, 0.3) is 0 Å². The maximum atomic E-state index is 14.5. The highest BCUT2D eigenvalue weighted by Crippen LogP contribution is 2.39. The van der Waals surface area contributed by atoms with E-state index in [-0.39, 0.29) is 0 Å². The van der Waals surface area contributed by atoms with Crippen molar-refractivity contribution in [3.63, 3.8) is 0 Å². The maximum Gasteiger partial charge on any atom is 0.152 e. The quantitative estimate of drug-likeness (QED) is 0.663. The number of ether oxygens (including phenoxy) is 1. The van der Waals surface area contributed by atoms with Gasteiger partial charge in [-0.05, 0) is 55.9 Å². The van der Waals surface area contributed by atoms with Gasteiger partial charge in [0.2, 0.25) is 0 Å². The summed E-state index contributed by atoms with van der Waals surface area (Å²) in [5, 5.41) is 22.4. The fourth-order valence-electron chi connectivity index (χ4n) is 4.86. The number of aromatic nitrogens is 3. The summed E-state index contributed by atoms with van der Waals surface area (Å²) < 4.78 is 22.3. The number of aliphatic hydroxyl groups excluding tert-OH is 2. The van der Waals surface area contributed by atoms with E-state index in [0.717, 1.165) is 31.2 Å². The number of rotatable bonds is 3. The second kappa shape index (κ2) is 7.48. The fourth-order valence-corrected chi connectivity index (χ4v) is 5.09. The molecule has 158 valence electrons. The van der Waals surface area contributed by atoms with Gasteiger partial charge in [0, 0.05) is 17.6 Å². The summed E-state index contributed by atoms with van der Waals surface area (Å²) in [5.41, 5.74) is 3.23. The Labute approximate surface area is 178 Å². The topological polar surface area (TPSA) is 80.4 Å². The van der Waals surface area contributed by atoms with E-state index in [1.807, 2.05) is 6.07 Å². The number of aryl methyl sites for hydroxylation is 2. The van der Waals surface area contributed by atoms with Crippen LogP contribution in [0.2, 0.25) is 5.02 Å². The van der Waals surface area contributed by atoms with Crippen molar-refractivity contribution in [3.8, 4) is 5.75 Å². The molecule has 8 heteroatoms. The van der Waals surface area contributed by atoms with Gasteiger partial charge in [-0.1, -0.05) is 11.6 Å². The van der Waals surface area contributed by atoms with Crippen molar-refractivity contribution in [2.45, 2.75) is 63.4 Å². The molecule has 3 aromatic rings. The standard InChI is InChI=1S/C22H23ClFN3O3/c1-11-19-15(24)9-27(22(19)26-10-25-11)16-8-18(21(29)20(16)28)30-17-7-13(23)6-12-4-2-3-5-14(12)17/h6-7,9-10,16,18,20-21,28-29H,2-5,8H2,1H3/t16-,18+,20+,21-/m1/s1. The van der Waals surface area contributed by atoms with E-state index in [1.54, 1.807) is 17.6 Å². The molecule has 1 fully saturated rings. The van der Waals surface area contributed by atoms with Gasteiger partial charge in [0.05, 0.1) is 17.1 Å². The van der Waals surface area contributed by atoms with Gasteiger partial charge in [0.1, 0.15) is 36.0 Å². The predicted molar refractivity (Wildman–Crippen MR) is 110 cm³/mol. The first-order chi connectivity index (χ1) is 14.4. The average molecular weight is 432 g/mol. The van der Waals surface area contributed by atoms with E-state index in [0.29, 0.717) is 33.9 Å². The number of halogens is 2. The molecule has 0 radical (unpaired) electrons. The molecule has 4 atom stereocenters. The maximum absolute atomic E-state index is 14.5. The molecule has 0 amide bonds. The summed E-state index contributed by atoms with van der Waals surface area (Å²) in [7, 11) is 0. The summed E-state index contributed by atoms with van der Waals surface area (Å²) >= 11 is 6.29. The predicted octanol–water partition coefficient (Wildman–Crippen LogP) is 3.53. The Morgan fingerprint density at radius 2 is 1.97 bits per heavy atom. The summed E-state index contributed by atoms with van der Waals surface area (Å²) in [4.78, 5) is 8.25. The number of hydrogen-bond donors (Lipinski definition) is 2. The molecule has 0 bridgehead atoms. The number of aliphatic hydroxyl groups is 2. The van der Waals surface area contributed by atoms with Crippen LogP contribution in [0.5, 0.6) is 5.75 Å². The Morgan fingerprint density at radius 1 is 1.17 bits per heavy atom. The van der Waals surface area contributed by atoms with Crippen LogP contribution in [-0.2, 0) is 12.8 Å². The molecule has 5 rings (SSSR count). The lowest BCUT2D eigenvalue weighted by Crippen LogP contribution is -2.34. The van der Waals surface area contributed by atoms with E-state index < -0.39 is 30.2 Å². The zero-order chi connectivity index (χ0) is 21.0. The normalized spacial score (nSPS) is 26.2. The van der Waals surface area contributed by atoms with Gasteiger partial charge in [-0.2, -0.15) is 0 Å². The van der Waals surface area contributed by atoms with Crippen LogP contribution in [0.25, 0.3) is 11.0 Å². The van der Waals surface area contributed by atoms with Crippen LogP contribution in [0.4, 0.5) is 4.39 Å². The second-order valence-corrected chi connectivity index (χ2v) is 8.67. The minimum atomic E-state index is -1.12. The molecule has 0 spiro atoms. The summed E-state index contributed by atoms with van der Waals surface area (Å²) in [6.07, 6.45) is 4.19. The van der Waals surface area contributed by atoms with Crippen LogP contribution in [-0.4, -0.2) is 43.1 Å². The highest BCUT2D eigenvalue weighted by Gasteiger charge is 2.45. The van der Waals surface area contributed by atoms with Crippen molar-refractivity contribution in [3.05, 3.63) is 52.3 Å².